The van der Waals surface area contributed by atoms with E-state index in [9.17, 15) is 29.6 Å². The molecule has 2 aromatic carbocycles. The maximum Gasteiger partial charge on any atom is 2.00 e. The first-order chi connectivity index (χ1) is 12.5. The van der Waals surface area contributed by atoms with Gasteiger partial charge in [0, 0.05) is 12.8 Å². The van der Waals surface area contributed by atoms with Crippen molar-refractivity contribution in [1.82, 2.24) is 0 Å². The second-order valence-electron chi connectivity index (χ2n) is 5.26. The molecule has 2 aromatic rings. The fourth-order valence-electron chi connectivity index (χ4n) is 2.00. The SMILES string of the molecule is O=N[C@@H](Cc1ccccc1)C(=O)[O-].O=N[C@@H](Cc1ccccc1)C(=O)[O-].[Ca+2]. The molecule has 27 heavy (non-hydrogen) atoms. The van der Waals surface area contributed by atoms with E-state index in [1.807, 2.05) is 12.1 Å². The molecule has 9 heteroatoms. The van der Waals surface area contributed by atoms with Crippen LogP contribution in [0.5, 0.6) is 0 Å². The van der Waals surface area contributed by atoms with Crippen LogP contribution in [-0.4, -0.2) is 61.8 Å². The summed E-state index contributed by atoms with van der Waals surface area (Å²) in [5, 5.41) is 25.6. The van der Waals surface area contributed by atoms with E-state index in [0.717, 1.165) is 11.1 Å². The smallest absolute Gasteiger partial charge is 0.548 e. The number of carboxylic acid groups (broad SMARTS) is 2. The van der Waals surface area contributed by atoms with Crippen LogP contribution < -0.4 is 10.2 Å². The van der Waals surface area contributed by atoms with Crippen LogP contribution in [0.25, 0.3) is 0 Å². The van der Waals surface area contributed by atoms with Crippen molar-refractivity contribution in [3.8, 4) is 0 Å². The number of nitroso groups, excluding NO2 is 2. The summed E-state index contributed by atoms with van der Waals surface area (Å²) in [4.78, 5) is 40.8. The van der Waals surface area contributed by atoms with E-state index in [0.29, 0.717) is 0 Å². The topological polar surface area (TPSA) is 139 Å². The predicted octanol–water partition coefficient (Wildman–Crippen LogP) is -0.153. The van der Waals surface area contributed by atoms with Gasteiger partial charge in [-0.2, -0.15) is 9.81 Å². The van der Waals surface area contributed by atoms with Crippen LogP contribution in [-0.2, 0) is 22.4 Å². The first-order valence-electron chi connectivity index (χ1n) is 7.62. The molecule has 0 saturated heterocycles. The molecule has 0 aliphatic heterocycles. The number of carbonyl (C=O) groups excluding carboxylic acids is 2. The largest absolute Gasteiger partial charge is 2.00 e. The molecule has 0 bridgehead atoms. The normalized spacial score (nSPS) is 11.6. The Morgan fingerprint density at radius 1 is 0.704 bits per heavy atom. The Bertz CT molecular complexity index is 664. The Morgan fingerprint density at radius 3 is 1.22 bits per heavy atom. The molecule has 0 fully saturated rings. The van der Waals surface area contributed by atoms with Gasteiger partial charge < -0.3 is 19.8 Å². The van der Waals surface area contributed by atoms with Gasteiger partial charge in [0.25, 0.3) is 0 Å². The van der Waals surface area contributed by atoms with Crippen molar-refractivity contribution in [3.05, 3.63) is 81.6 Å². The van der Waals surface area contributed by atoms with Gasteiger partial charge in [-0.25, -0.2) is 0 Å². The number of carbonyl (C=O) groups is 2. The molecule has 0 aromatic heterocycles. The van der Waals surface area contributed by atoms with Crippen molar-refractivity contribution < 1.29 is 19.8 Å². The van der Waals surface area contributed by atoms with Gasteiger partial charge in [-0.15, -0.1) is 0 Å². The molecule has 0 aliphatic rings. The van der Waals surface area contributed by atoms with Gasteiger partial charge in [-0.05, 0) is 11.1 Å². The number of carboxylic acids is 2. The monoisotopic (exact) mass is 396 g/mol. The van der Waals surface area contributed by atoms with E-state index in [4.69, 9.17) is 0 Å². The summed E-state index contributed by atoms with van der Waals surface area (Å²) in [5.74, 6) is -2.86. The van der Waals surface area contributed by atoms with Gasteiger partial charge in [0.1, 0.15) is 12.1 Å². The van der Waals surface area contributed by atoms with Crippen molar-refractivity contribution >= 4 is 49.7 Å². The Morgan fingerprint density at radius 2 is 1.00 bits per heavy atom. The van der Waals surface area contributed by atoms with Gasteiger partial charge in [0.2, 0.25) is 0 Å². The van der Waals surface area contributed by atoms with Crippen molar-refractivity contribution in [2.45, 2.75) is 24.9 Å². The third-order valence-electron chi connectivity index (χ3n) is 3.34. The van der Waals surface area contributed by atoms with Gasteiger partial charge in [-0.1, -0.05) is 71.0 Å². The van der Waals surface area contributed by atoms with Crippen molar-refractivity contribution in [1.29, 1.82) is 0 Å². The van der Waals surface area contributed by atoms with Crippen LogP contribution in [0.4, 0.5) is 0 Å². The number of rotatable bonds is 8. The Hall–Kier alpha value is -2.16. The molecule has 0 N–H and O–H groups in total. The zero-order valence-corrected chi connectivity index (χ0v) is 16.6. The Balaban J connectivity index is 0.000000483. The quantitative estimate of drug-likeness (QED) is 0.449. The van der Waals surface area contributed by atoms with Gasteiger partial charge in [-0.3, -0.25) is 0 Å². The molecular weight excluding hydrogens is 380 g/mol. The molecule has 0 aliphatic carbocycles. The van der Waals surface area contributed by atoms with Crippen LogP contribution >= 0.6 is 0 Å². The van der Waals surface area contributed by atoms with Crippen molar-refractivity contribution in [3.63, 3.8) is 0 Å². The van der Waals surface area contributed by atoms with Crippen molar-refractivity contribution in [2.75, 3.05) is 0 Å². The summed E-state index contributed by atoms with van der Waals surface area (Å²) < 4.78 is 0. The van der Waals surface area contributed by atoms with Crippen LogP contribution in [0.3, 0.4) is 0 Å². The van der Waals surface area contributed by atoms with E-state index in [1.165, 1.54) is 0 Å². The standard InChI is InChI=1S/2C9H9NO3.Ca/c2*11-9(12)8(10-13)6-7-4-2-1-3-5-7;/h2*1-5,8H,6H2,(H,11,12);/q;;+2/p-2/t2*8-;/m00./s1. The minimum absolute atomic E-state index is 0. The third-order valence-corrected chi connectivity index (χ3v) is 3.34. The second-order valence-corrected chi connectivity index (χ2v) is 5.26. The van der Waals surface area contributed by atoms with E-state index in [2.05, 4.69) is 10.4 Å². The summed E-state index contributed by atoms with van der Waals surface area (Å²) >= 11 is 0. The summed E-state index contributed by atoms with van der Waals surface area (Å²) in [7, 11) is 0. The molecule has 0 amide bonds. The number of benzene rings is 2. The van der Waals surface area contributed by atoms with Crippen LogP contribution in [0.2, 0.25) is 0 Å². The summed E-state index contributed by atoms with van der Waals surface area (Å²) in [5.41, 5.74) is 1.52. The third kappa shape index (κ3) is 9.93. The average Bonchev–Trinajstić information content (AvgIpc) is 2.66. The first kappa shape index (κ1) is 24.8. The maximum absolute atomic E-state index is 10.3. The molecule has 136 valence electrons. The van der Waals surface area contributed by atoms with Crippen molar-refractivity contribution in [2.24, 2.45) is 10.4 Å². The number of aliphatic carboxylic acids is 2. The van der Waals surface area contributed by atoms with Crippen LogP contribution in [0.15, 0.2) is 71.0 Å². The molecule has 2 atom stereocenters. The molecule has 0 heterocycles. The Labute approximate surface area is 185 Å². The second kappa shape index (κ2) is 14.0. The fraction of sp³-hybridized carbons (Fsp3) is 0.222. The van der Waals surface area contributed by atoms with Crippen LogP contribution in [0, 0.1) is 9.81 Å². The summed E-state index contributed by atoms with van der Waals surface area (Å²) in [6, 6.07) is 15.1. The molecular formula is C18H16CaN2O6. The predicted molar refractivity (Wildman–Crippen MR) is 95.2 cm³/mol. The molecule has 0 unspecified atom stereocenters. The fourth-order valence-corrected chi connectivity index (χ4v) is 2.00. The van der Waals surface area contributed by atoms with E-state index < -0.39 is 24.0 Å². The summed E-state index contributed by atoms with van der Waals surface area (Å²) in [6.07, 6.45) is 0.180. The van der Waals surface area contributed by atoms with Gasteiger partial charge in [0.05, 0.1) is 11.9 Å². The number of nitrogens with zero attached hydrogens (tertiary/aromatic N) is 2. The zero-order valence-electron chi connectivity index (χ0n) is 14.4. The zero-order chi connectivity index (χ0) is 19.4. The van der Waals surface area contributed by atoms with Crippen LogP contribution in [0.1, 0.15) is 11.1 Å². The minimum atomic E-state index is -1.43. The summed E-state index contributed by atoms with van der Waals surface area (Å²) in [6.45, 7) is 0. The molecule has 0 radical (unpaired) electrons. The molecule has 0 saturated carbocycles. The first-order valence-corrected chi connectivity index (χ1v) is 7.62. The Kier molecular flexibility index (Phi) is 12.8. The average molecular weight is 396 g/mol. The van der Waals surface area contributed by atoms with Gasteiger partial charge >= 0.3 is 37.7 Å². The minimum Gasteiger partial charge on any atom is -0.548 e. The van der Waals surface area contributed by atoms with E-state index in [-0.39, 0.29) is 50.6 Å². The van der Waals surface area contributed by atoms with E-state index >= 15 is 0 Å². The maximum atomic E-state index is 10.3. The molecule has 0 spiro atoms. The number of hydrogen-bond acceptors (Lipinski definition) is 8. The molecule has 8 nitrogen and oxygen atoms in total. The van der Waals surface area contributed by atoms with Gasteiger partial charge in [0.15, 0.2) is 0 Å². The molecule has 2 rings (SSSR count). The van der Waals surface area contributed by atoms with E-state index in [1.54, 1.807) is 48.5 Å². The number of hydrogen-bond donors (Lipinski definition) is 0.